The predicted molar refractivity (Wildman–Crippen MR) is 61.5 cm³/mol. The van der Waals surface area contributed by atoms with Gasteiger partial charge < -0.3 is 10.5 Å². The van der Waals surface area contributed by atoms with Gasteiger partial charge in [-0.05, 0) is 25.3 Å². The minimum atomic E-state index is -1.61. The first-order valence-corrected chi connectivity index (χ1v) is 7.06. The van der Waals surface area contributed by atoms with E-state index in [1.165, 1.54) is 0 Å². The second-order valence-electron chi connectivity index (χ2n) is 3.08. The molecule has 78 valence electrons. The molecule has 0 rings (SSSR count). The molecule has 1 unspecified atom stereocenters. The van der Waals surface area contributed by atoms with Crippen molar-refractivity contribution < 1.29 is 0 Å². The smallest absolute Gasteiger partial charge is 0.0279 e. The topological polar surface area (TPSA) is 47.9 Å². The Hall–Kier alpha value is -0.270. The molecule has 0 aromatic carbocycles. The molecule has 0 heterocycles. The zero-order chi connectivity index (χ0) is 10.2. The van der Waals surface area contributed by atoms with Gasteiger partial charge in [0.1, 0.15) is 0 Å². The zero-order valence-corrected chi connectivity index (χ0v) is 9.66. The summed E-state index contributed by atoms with van der Waals surface area (Å²) in [4.78, 5) is 0. The van der Waals surface area contributed by atoms with Gasteiger partial charge in [0.05, 0.1) is 0 Å². The van der Waals surface area contributed by atoms with E-state index in [-0.39, 0.29) is 0 Å². The van der Waals surface area contributed by atoms with Crippen LogP contribution in [0, 0.1) is 5.16 Å². The first-order valence-electron chi connectivity index (χ1n) is 4.90. The van der Waals surface area contributed by atoms with E-state index in [0.717, 1.165) is 31.8 Å². The summed E-state index contributed by atoms with van der Waals surface area (Å²) in [7, 11) is -1.61. The van der Waals surface area contributed by atoms with Crippen LogP contribution in [0.1, 0.15) is 20.3 Å². The quantitative estimate of drug-likeness (QED) is 0.419. The summed E-state index contributed by atoms with van der Waals surface area (Å²) in [6, 6.07) is 0. The van der Waals surface area contributed by atoms with Gasteiger partial charge in [-0.1, -0.05) is 20.4 Å². The Kier molecular flexibility index (Phi) is 7.02. The summed E-state index contributed by atoms with van der Waals surface area (Å²) < 4.78 is 0. The lowest BCUT2D eigenvalue weighted by atomic mass is 10.6. The predicted octanol–water partition coefficient (Wildman–Crippen LogP) is 2.43. The van der Waals surface area contributed by atoms with Gasteiger partial charge in [0, 0.05) is 19.9 Å². The molecule has 0 aliphatic carbocycles. The Bertz CT molecular complexity index is 170. The van der Waals surface area contributed by atoms with Gasteiger partial charge in [-0.25, -0.2) is 0 Å². The van der Waals surface area contributed by atoms with E-state index >= 15 is 0 Å². The molecule has 13 heavy (non-hydrogen) atoms. The highest BCUT2D eigenvalue weighted by Gasteiger charge is 2.12. The Morgan fingerprint density at radius 2 is 2.08 bits per heavy atom. The maximum atomic E-state index is 8.22. The van der Waals surface area contributed by atoms with Crippen molar-refractivity contribution in [2.24, 2.45) is 0 Å². The summed E-state index contributed by atoms with van der Waals surface area (Å²) >= 11 is 0. The highest BCUT2D eigenvalue weighted by molar-refractivity contribution is 7.63. The molecular formula is C9H22N3P. The summed E-state index contributed by atoms with van der Waals surface area (Å²) in [5.74, 6) is 0. The van der Waals surface area contributed by atoms with E-state index in [2.05, 4.69) is 30.8 Å². The third-order valence-electron chi connectivity index (χ3n) is 1.85. The molecule has 3 N–H and O–H groups in total. The molecule has 0 bridgehead atoms. The van der Waals surface area contributed by atoms with Crippen molar-refractivity contribution in [3.8, 4) is 0 Å². The van der Waals surface area contributed by atoms with Crippen LogP contribution in [-0.2, 0) is 0 Å². The highest BCUT2D eigenvalue weighted by atomic mass is 31.2. The fraction of sp³-hybridized carbons (Fsp3) is 0.778. The van der Waals surface area contributed by atoms with Crippen LogP contribution < -0.4 is 10.4 Å². The van der Waals surface area contributed by atoms with Gasteiger partial charge in [0.15, 0.2) is 0 Å². The fourth-order valence-electron chi connectivity index (χ4n) is 1.31. The summed E-state index contributed by atoms with van der Waals surface area (Å²) in [5.41, 5.74) is 0. The molecule has 0 aliphatic heterocycles. The lowest BCUT2D eigenvalue weighted by Gasteiger charge is -2.22. The summed E-state index contributed by atoms with van der Waals surface area (Å²) in [6.45, 7) is 9.58. The fourth-order valence-corrected chi connectivity index (χ4v) is 3.73. The SMILES string of the molecule is C=CNCCP(=N)(CCC)NCC. The molecule has 0 amide bonds. The molecule has 0 radical (unpaired) electrons. The second kappa shape index (κ2) is 7.16. The maximum Gasteiger partial charge on any atom is 0.0279 e. The molecule has 1 atom stereocenters. The lowest BCUT2D eigenvalue weighted by molar-refractivity contribution is 0.892. The minimum absolute atomic E-state index is 0.869. The van der Waals surface area contributed by atoms with Crippen molar-refractivity contribution >= 4 is 7.21 Å². The normalized spacial score (nSPS) is 14.9. The van der Waals surface area contributed by atoms with Gasteiger partial charge in [0.25, 0.3) is 0 Å². The Balaban J connectivity index is 3.91. The van der Waals surface area contributed by atoms with Crippen molar-refractivity contribution in [2.45, 2.75) is 20.3 Å². The molecule has 3 nitrogen and oxygen atoms in total. The van der Waals surface area contributed by atoms with Gasteiger partial charge in [0.2, 0.25) is 0 Å². The monoisotopic (exact) mass is 203 g/mol. The molecule has 0 aliphatic rings. The molecule has 0 aromatic heterocycles. The van der Waals surface area contributed by atoms with Crippen molar-refractivity contribution in [1.82, 2.24) is 10.4 Å². The average molecular weight is 203 g/mol. The van der Waals surface area contributed by atoms with E-state index < -0.39 is 7.21 Å². The Morgan fingerprint density at radius 3 is 2.54 bits per heavy atom. The van der Waals surface area contributed by atoms with Gasteiger partial charge in [-0.2, -0.15) is 0 Å². The molecule has 0 saturated heterocycles. The Morgan fingerprint density at radius 1 is 1.38 bits per heavy atom. The largest absolute Gasteiger partial charge is 0.391 e. The highest BCUT2D eigenvalue weighted by Crippen LogP contribution is 2.41. The third kappa shape index (κ3) is 5.89. The zero-order valence-electron chi connectivity index (χ0n) is 8.77. The maximum absolute atomic E-state index is 8.22. The van der Waals surface area contributed by atoms with E-state index in [1.54, 1.807) is 6.20 Å². The van der Waals surface area contributed by atoms with E-state index in [1.807, 2.05) is 0 Å². The van der Waals surface area contributed by atoms with Crippen LogP contribution in [-0.4, -0.2) is 25.4 Å². The third-order valence-corrected chi connectivity index (χ3v) is 4.97. The lowest BCUT2D eigenvalue weighted by Crippen LogP contribution is -2.20. The summed E-state index contributed by atoms with van der Waals surface area (Å²) in [5, 5.41) is 14.6. The number of rotatable bonds is 8. The van der Waals surface area contributed by atoms with Crippen molar-refractivity contribution in [1.29, 1.82) is 5.16 Å². The molecule has 0 fully saturated rings. The molecule has 0 saturated carbocycles. The number of hydrogen-bond acceptors (Lipinski definition) is 2. The van der Waals surface area contributed by atoms with Crippen LogP contribution >= 0.6 is 7.21 Å². The average Bonchev–Trinajstić information content (AvgIpc) is 2.05. The van der Waals surface area contributed by atoms with Gasteiger partial charge >= 0.3 is 0 Å². The van der Waals surface area contributed by atoms with Gasteiger partial charge in [-0.15, -0.1) is 0 Å². The molecule has 0 aromatic rings. The second-order valence-corrected chi connectivity index (χ2v) is 6.23. The number of nitrogens with one attached hydrogen (secondary N) is 3. The van der Waals surface area contributed by atoms with Crippen LogP contribution in [0.3, 0.4) is 0 Å². The van der Waals surface area contributed by atoms with Crippen molar-refractivity contribution in [2.75, 3.05) is 25.4 Å². The molecule has 0 spiro atoms. The summed E-state index contributed by atoms with van der Waals surface area (Å²) in [6.07, 6.45) is 4.74. The van der Waals surface area contributed by atoms with Crippen LogP contribution in [0.25, 0.3) is 0 Å². The number of hydrogen-bond donors (Lipinski definition) is 3. The molecular weight excluding hydrogens is 181 g/mol. The first kappa shape index (κ1) is 12.7. The van der Waals surface area contributed by atoms with E-state index in [4.69, 9.17) is 5.16 Å². The Labute approximate surface area is 81.9 Å². The van der Waals surface area contributed by atoms with Crippen LogP contribution in [0.2, 0.25) is 0 Å². The standard InChI is InChI=1S/C9H22N3P/c1-4-8-13(10,12-6-3)9-7-11-5-2/h5,11H,2,4,6-9H2,1,3H3,(H2,10,12). The minimum Gasteiger partial charge on any atom is -0.391 e. The van der Waals surface area contributed by atoms with E-state index in [9.17, 15) is 0 Å². The van der Waals surface area contributed by atoms with Crippen LogP contribution in [0.4, 0.5) is 0 Å². The molecule has 4 heteroatoms. The van der Waals surface area contributed by atoms with Crippen molar-refractivity contribution in [3.05, 3.63) is 12.8 Å². The first-order chi connectivity index (χ1) is 6.18. The van der Waals surface area contributed by atoms with Crippen LogP contribution in [0.15, 0.2) is 12.8 Å². The van der Waals surface area contributed by atoms with Crippen molar-refractivity contribution in [3.63, 3.8) is 0 Å². The van der Waals surface area contributed by atoms with Gasteiger partial charge in [-0.3, -0.25) is 5.09 Å². The van der Waals surface area contributed by atoms with Crippen LogP contribution in [0.5, 0.6) is 0 Å². The van der Waals surface area contributed by atoms with E-state index in [0.29, 0.717) is 0 Å².